The molecule has 160 valence electrons. The van der Waals surface area contributed by atoms with Crippen LogP contribution in [0.3, 0.4) is 0 Å². The van der Waals surface area contributed by atoms with Crippen LogP contribution in [0.5, 0.6) is 17.2 Å². The summed E-state index contributed by atoms with van der Waals surface area (Å²) < 4.78 is 11.6. The first-order valence-electron chi connectivity index (χ1n) is 9.96. The van der Waals surface area contributed by atoms with Gasteiger partial charge in [0, 0.05) is 30.8 Å². The minimum absolute atomic E-state index is 0.0121. The van der Waals surface area contributed by atoms with E-state index in [4.69, 9.17) is 9.47 Å². The van der Waals surface area contributed by atoms with Gasteiger partial charge in [0.05, 0.1) is 17.4 Å². The van der Waals surface area contributed by atoms with Crippen LogP contribution < -0.4 is 19.7 Å². The molecule has 2 aromatic carbocycles. The van der Waals surface area contributed by atoms with Gasteiger partial charge in [0.15, 0.2) is 0 Å². The molecule has 1 atom stereocenters. The minimum atomic E-state index is -0.878. The standard InChI is InChI=1S/C23H19N5O4/c1-28-20-9-14-12-25-27-17(14)11-21(20)31-13-19(23(28)30)26-22(29)18-10-16(7-8-24-18)32-15-5-3-2-4-6-15/h2-12,19H,13H2,1H3,(H,25,27)(H,26,29)/t19-/m0/s1. The number of likely N-dealkylation sites (N-methyl/N-ethyl adjacent to an activating group) is 1. The number of amides is 2. The molecule has 1 aliphatic heterocycles. The Hall–Kier alpha value is -4.40. The number of aromatic amines is 1. The summed E-state index contributed by atoms with van der Waals surface area (Å²) in [6.07, 6.45) is 3.16. The van der Waals surface area contributed by atoms with Gasteiger partial charge in [-0.25, -0.2) is 0 Å². The SMILES string of the molecule is CN1C(=O)[C@@H](NC(=O)c2cc(Oc3ccccc3)ccn2)COc2cc3[nH]ncc3cc21. The summed E-state index contributed by atoms with van der Waals surface area (Å²) in [6.45, 7) is -0.0121. The van der Waals surface area contributed by atoms with Crippen molar-refractivity contribution in [2.45, 2.75) is 6.04 Å². The molecule has 4 aromatic rings. The van der Waals surface area contributed by atoms with Crippen molar-refractivity contribution < 1.29 is 19.1 Å². The number of H-pyrrole nitrogens is 1. The highest BCUT2D eigenvalue weighted by atomic mass is 16.5. The van der Waals surface area contributed by atoms with Gasteiger partial charge in [0.25, 0.3) is 11.8 Å². The van der Waals surface area contributed by atoms with E-state index in [9.17, 15) is 9.59 Å². The van der Waals surface area contributed by atoms with Crippen molar-refractivity contribution in [1.82, 2.24) is 20.5 Å². The van der Waals surface area contributed by atoms with Gasteiger partial charge < -0.3 is 19.7 Å². The number of ether oxygens (including phenoxy) is 2. The van der Waals surface area contributed by atoms with E-state index in [0.29, 0.717) is 22.9 Å². The van der Waals surface area contributed by atoms with Gasteiger partial charge in [-0.2, -0.15) is 5.10 Å². The maximum Gasteiger partial charge on any atom is 0.270 e. The Morgan fingerprint density at radius 2 is 2.03 bits per heavy atom. The number of fused-ring (bicyclic) bond motifs is 2. The van der Waals surface area contributed by atoms with E-state index in [1.54, 1.807) is 25.4 Å². The number of pyridine rings is 1. The number of benzene rings is 2. The molecule has 2 aromatic heterocycles. The summed E-state index contributed by atoms with van der Waals surface area (Å²) in [5, 5.41) is 10.5. The summed E-state index contributed by atoms with van der Waals surface area (Å²) in [5.41, 5.74) is 1.54. The second-order valence-electron chi connectivity index (χ2n) is 7.30. The van der Waals surface area contributed by atoms with Gasteiger partial charge in [-0.05, 0) is 24.3 Å². The largest absolute Gasteiger partial charge is 0.489 e. The molecule has 0 aliphatic carbocycles. The van der Waals surface area contributed by atoms with Crippen molar-refractivity contribution in [3.63, 3.8) is 0 Å². The van der Waals surface area contributed by atoms with Gasteiger partial charge in [-0.3, -0.25) is 19.7 Å². The zero-order chi connectivity index (χ0) is 22.1. The average Bonchev–Trinajstić information content (AvgIpc) is 3.24. The van der Waals surface area contributed by atoms with Crippen LogP contribution in [0.1, 0.15) is 10.5 Å². The fraction of sp³-hybridized carbons (Fsp3) is 0.130. The molecule has 0 fully saturated rings. The van der Waals surface area contributed by atoms with E-state index in [2.05, 4.69) is 20.5 Å². The van der Waals surface area contributed by atoms with Crippen LogP contribution in [-0.2, 0) is 4.79 Å². The highest BCUT2D eigenvalue weighted by Gasteiger charge is 2.31. The van der Waals surface area contributed by atoms with E-state index >= 15 is 0 Å². The number of hydrogen-bond donors (Lipinski definition) is 2. The van der Waals surface area contributed by atoms with Crippen molar-refractivity contribution in [1.29, 1.82) is 0 Å². The average molecular weight is 429 g/mol. The molecule has 0 saturated heterocycles. The Balaban J connectivity index is 1.33. The molecule has 0 radical (unpaired) electrons. The van der Waals surface area contributed by atoms with Crippen LogP contribution in [-0.4, -0.2) is 46.7 Å². The summed E-state index contributed by atoms with van der Waals surface area (Å²) in [6, 6.07) is 15.1. The lowest BCUT2D eigenvalue weighted by molar-refractivity contribution is -0.120. The molecule has 3 heterocycles. The predicted octanol–water partition coefficient (Wildman–Crippen LogP) is 2.90. The number of carbonyl (C=O) groups is 2. The van der Waals surface area contributed by atoms with E-state index in [1.165, 1.54) is 17.2 Å². The lowest BCUT2D eigenvalue weighted by Gasteiger charge is -2.20. The number of carbonyl (C=O) groups excluding carboxylic acids is 2. The van der Waals surface area contributed by atoms with Crippen molar-refractivity contribution in [2.75, 3.05) is 18.6 Å². The topological polar surface area (TPSA) is 109 Å². The second-order valence-corrected chi connectivity index (χ2v) is 7.30. The molecule has 0 bridgehead atoms. The van der Waals surface area contributed by atoms with Crippen LogP contribution >= 0.6 is 0 Å². The lowest BCUT2D eigenvalue weighted by Crippen LogP contribution is -2.49. The third kappa shape index (κ3) is 3.71. The molecular weight excluding hydrogens is 410 g/mol. The fourth-order valence-corrected chi connectivity index (χ4v) is 3.49. The maximum atomic E-state index is 13.0. The van der Waals surface area contributed by atoms with E-state index < -0.39 is 11.9 Å². The zero-order valence-corrected chi connectivity index (χ0v) is 17.1. The van der Waals surface area contributed by atoms with E-state index in [0.717, 1.165) is 10.9 Å². The first kappa shape index (κ1) is 19.6. The Labute approximate surface area is 183 Å². The Bertz CT molecular complexity index is 1300. The second kappa shape index (κ2) is 8.03. The monoisotopic (exact) mass is 429 g/mol. The Morgan fingerprint density at radius 1 is 1.19 bits per heavy atom. The third-order valence-electron chi connectivity index (χ3n) is 5.16. The van der Waals surface area contributed by atoms with Crippen molar-refractivity contribution in [3.8, 4) is 17.2 Å². The maximum absolute atomic E-state index is 13.0. The first-order chi connectivity index (χ1) is 15.6. The fourth-order valence-electron chi connectivity index (χ4n) is 3.49. The molecule has 9 nitrogen and oxygen atoms in total. The van der Waals surface area contributed by atoms with E-state index in [-0.39, 0.29) is 18.2 Å². The van der Waals surface area contributed by atoms with Gasteiger partial charge in [-0.15, -0.1) is 0 Å². The van der Waals surface area contributed by atoms with Crippen LogP contribution in [0, 0.1) is 0 Å². The molecule has 0 saturated carbocycles. The Morgan fingerprint density at radius 3 is 2.88 bits per heavy atom. The number of aromatic nitrogens is 3. The van der Waals surface area contributed by atoms with Gasteiger partial charge in [-0.1, -0.05) is 18.2 Å². The van der Waals surface area contributed by atoms with Crippen molar-refractivity contribution in [2.24, 2.45) is 0 Å². The molecule has 2 amide bonds. The van der Waals surface area contributed by atoms with Crippen molar-refractivity contribution >= 4 is 28.4 Å². The van der Waals surface area contributed by atoms with Crippen LogP contribution in [0.4, 0.5) is 5.69 Å². The zero-order valence-electron chi connectivity index (χ0n) is 17.1. The number of hydrogen-bond acceptors (Lipinski definition) is 6. The molecule has 0 unspecified atom stereocenters. The molecule has 0 spiro atoms. The highest BCUT2D eigenvalue weighted by Crippen LogP contribution is 2.34. The normalized spacial score (nSPS) is 15.6. The predicted molar refractivity (Wildman–Crippen MR) is 117 cm³/mol. The van der Waals surface area contributed by atoms with Gasteiger partial charge >= 0.3 is 0 Å². The molecular formula is C23H19N5O4. The van der Waals surface area contributed by atoms with Gasteiger partial charge in [0.1, 0.15) is 35.6 Å². The summed E-state index contributed by atoms with van der Waals surface area (Å²) in [4.78, 5) is 31.4. The first-order valence-corrected chi connectivity index (χ1v) is 9.96. The minimum Gasteiger partial charge on any atom is -0.489 e. The van der Waals surface area contributed by atoms with Crippen LogP contribution in [0.2, 0.25) is 0 Å². The molecule has 1 aliphatic rings. The number of rotatable bonds is 4. The molecule has 2 N–H and O–H groups in total. The van der Waals surface area contributed by atoms with Crippen molar-refractivity contribution in [3.05, 3.63) is 72.7 Å². The summed E-state index contributed by atoms with van der Waals surface area (Å²) in [7, 11) is 1.65. The number of nitrogens with zero attached hydrogens (tertiary/aromatic N) is 3. The van der Waals surface area contributed by atoms with E-state index in [1.807, 2.05) is 36.4 Å². The molecule has 32 heavy (non-hydrogen) atoms. The lowest BCUT2D eigenvalue weighted by atomic mass is 10.2. The number of para-hydroxylation sites is 1. The quantitative estimate of drug-likeness (QED) is 0.516. The number of anilines is 1. The third-order valence-corrected chi connectivity index (χ3v) is 5.16. The summed E-state index contributed by atoms with van der Waals surface area (Å²) >= 11 is 0. The highest BCUT2D eigenvalue weighted by molar-refractivity contribution is 6.04. The smallest absolute Gasteiger partial charge is 0.270 e. The van der Waals surface area contributed by atoms with Crippen LogP contribution in [0.15, 0.2) is 67.0 Å². The summed E-state index contributed by atoms with van der Waals surface area (Å²) in [5.74, 6) is 0.847. The van der Waals surface area contributed by atoms with Gasteiger partial charge in [0.2, 0.25) is 0 Å². The molecule has 9 heteroatoms. The number of nitrogens with one attached hydrogen (secondary N) is 2. The van der Waals surface area contributed by atoms with Crippen LogP contribution in [0.25, 0.3) is 10.9 Å². The molecule has 5 rings (SSSR count). The Kier molecular flexibility index (Phi) is 4.91.